The number of anilines is 2. The monoisotopic (exact) mass is 263 g/mol. The molecule has 0 aliphatic heterocycles. The van der Waals surface area contributed by atoms with E-state index in [9.17, 15) is 8.42 Å². The molecule has 0 unspecified atom stereocenters. The number of rotatable bonds is 4. The second-order valence-electron chi connectivity index (χ2n) is 3.58. The third kappa shape index (κ3) is 2.60. The van der Waals surface area contributed by atoms with E-state index in [2.05, 4.69) is 15.0 Å². The molecule has 0 amide bonds. The summed E-state index contributed by atoms with van der Waals surface area (Å²) in [5.41, 5.74) is 0.964. The van der Waals surface area contributed by atoms with Crippen molar-refractivity contribution in [3.8, 4) is 0 Å². The van der Waals surface area contributed by atoms with Crippen LogP contribution in [0.15, 0.2) is 53.7 Å². The Bertz CT molecular complexity index is 627. The largest absolute Gasteiger partial charge is 0.386 e. The minimum absolute atomic E-state index is 0.0173. The highest BCUT2D eigenvalue weighted by Crippen LogP contribution is 2.20. The predicted molar refractivity (Wildman–Crippen MR) is 71.0 cm³/mol. The molecule has 18 heavy (non-hydrogen) atoms. The molecule has 0 atom stereocenters. The number of aromatic nitrogens is 1. The van der Waals surface area contributed by atoms with Gasteiger partial charge in [0.2, 0.25) is 0 Å². The fraction of sp³-hybridized carbons (Fsp3) is 0.0833. The van der Waals surface area contributed by atoms with Gasteiger partial charge >= 0.3 is 0 Å². The maximum absolute atomic E-state index is 12.2. The van der Waals surface area contributed by atoms with Crippen LogP contribution < -0.4 is 10.0 Å². The van der Waals surface area contributed by atoms with Gasteiger partial charge in [-0.15, -0.1) is 0 Å². The summed E-state index contributed by atoms with van der Waals surface area (Å²) < 4.78 is 26.8. The highest BCUT2D eigenvalue weighted by atomic mass is 32.2. The van der Waals surface area contributed by atoms with Crippen molar-refractivity contribution in [3.63, 3.8) is 0 Å². The van der Waals surface area contributed by atoms with Gasteiger partial charge < -0.3 is 5.32 Å². The summed E-state index contributed by atoms with van der Waals surface area (Å²) in [6, 6.07) is 12.0. The number of hydrogen-bond donors (Lipinski definition) is 2. The van der Waals surface area contributed by atoms with Crippen LogP contribution in [0.25, 0.3) is 0 Å². The number of nitrogens with zero attached hydrogens (tertiary/aromatic N) is 1. The molecule has 1 aromatic carbocycles. The first-order valence-corrected chi connectivity index (χ1v) is 6.82. The Labute approximate surface area is 106 Å². The second-order valence-corrected chi connectivity index (χ2v) is 5.18. The molecule has 1 aromatic heterocycles. The first-order valence-electron chi connectivity index (χ1n) is 5.34. The third-order valence-corrected chi connectivity index (χ3v) is 3.66. The zero-order chi connectivity index (χ0) is 13.0. The van der Waals surface area contributed by atoms with Crippen LogP contribution in [0.5, 0.6) is 0 Å². The maximum Gasteiger partial charge on any atom is 0.281 e. The van der Waals surface area contributed by atoms with E-state index in [0.717, 1.165) is 0 Å². The molecule has 0 radical (unpaired) electrons. The Hall–Kier alpha value is -2.08. The fourth-order valence-corrected chi connectivity index (χ4v) is 2.71. The molecule has 5 nitrogen and oxygen atoms in total. The van der Waals surface area contributed by atoms with Gasteiger partial charge in [-0.05, 0) is 24.3 Å². The molecule has 2 rings (SSSR count). The summed E-state index contributed by atoms with van der Waals surface area (Å²) in [4.78, 5) is 3.90. The highest BCUT2D eigenvalue weighted by Gasteiger charge is 2.19. The van der Waals surface area contributed by atoms with E-state index < -0.39 is 10.0 Å². The lowest BCUT2D eigenvalue weighted by Gasteiger charge is -2.10. The van der Waals surface area contributed by atoms with Crippen LogP contribution in [0.4, 0.5) is 11.4 Å². The molecular formula is C12H13N3O2S. The molecule has 0 fully saturated rings. The number of hydrogen-bond acceptors (Lipinski definition) is 4. The topological polar surface area (TPSA) is 71.1 Å². The van der Waals surface area contributed by atoms with Crippen LogP contribution in [0.1, 0.15) is 0 Å². The molecule has 0 spiro atoms. The minimum atomic E-state index is -3.68. The van der Waals surface area contributed by atoms with Crippen molar-refractivity contribution < 1.29 is 8.42 Å². The van der Waals surface area contributed by atoms with E-state index in [1.54, 1.807) is 43.4 Å². The number of benzene rings is 1. The van der Waals surface area contributed by atoms with Crippen LogP contribution >= 0.6 is 0 Å². The van der Waals surface area contributed by atoms with Crippen molar-refractivity contribution in [1.82, 2.24) is 4.98 Å². The Morgan fingerprint density at radius 3 is 2.44 bits per heavy atom. The van der Waals surface area contributed by atoms with Crippen molar-refractivity contribution >= 4 is 21.4 Å². The van der Waals surface area contributed by atoms with E-state index in [0.29, 0.717) is 11.4 Å². The van der Waals surface area contributed by atoms with E-state index >= 15 is 0 Å². The van der Waals surface area contributed by atoms with Crippen molar-refractivity contribution in [2.45, 2.75) is 5.03 Å². The van der Waals surface area contributed by atoms with Crippen LogP contribution in [0.3, 0.4) is 0 Å². The normalized spacial score (nSPS) is 10.9. The molecule has 2 N–H and O–H groups in total. The fourth-order valence-electron chi connectivity index (χ4n) is 1.50. The van der Waals surface area contributed by atoms with Gasteiger partial charge in [0.1, 0.15) is 0 Å². The zero-order valence-electron chi connectivity index (χ0n) is 9.79. The summed E-state index contributed by atoms with van der Waals surface area (Å²) in [6.07, 6.45) is 1.44. The molecule has 1 heterocycles. The zero-order valence-corrected chi connectivity index (χ0v) is 10.6. The average molecular weight is 263 g/mol. The Balaban J connectivity index is 2.37. The van der Waals surface area contributed by atoms with Crippen LogP contribution in [0.2, 0.25) is 0 Å². The van der Waals surface area contributed by atoms with Gasteiger partial charge in [0.25, 0.3) is 10.0 Å². The lowest BCUT2D eigenvalue weighted by atomic mass is 10.3. The standard InChI is InChI=1S/C12H13N3O2S/c1-13-11-8-5-9-14-12(11)18(16,17)15-10-6-3-2-4-7-10/h2-9,13,15H,1H3. The SMILES string of the molecule is CNc1cccnc1S(=O)(=O)Nc1ccccc1. The average Bonchev–Trinajstić information content (AvgIpc) is 2.39. The second kappa shape index (κ2) is 5.05. The van der Waals surface area contributed by atoms with Crippen molar-refractivity contribution in [2.75, 3.05) is 17.1 Å². The summed E-state index contributed by atoms with van der Waals surface area (Å²) in [5, 5.41) is 2.79. The summed E-state index contributed by atoms with van der Waals surface area (Å²) in [7, 11) is -2.03. The van der Waals surface area contributed by atoms with Gasteiger partial charge in [0.05, 0.1) is 5.69 Å². The van der Waals surface area contributed by atoms with E-state index in [-0.39, 0.29) is 5.03 Å². The molecule has 6 heteroatoms. The van der Waals surface area contributed by atoms with Crippen LogP contribution in [0, 0.1) is 0 Å². The third-order valence-electron chi connectivity index (χ3n) is 2.32. The molecule has 0 saturated carbocycles. The lowest BCUT2D eigenvalue weighted by molar-refractivity contribution is 0.598. The number of para-hydroxylation sites is 1. The first kappa shape index (κ1) is 12.4. The van der Waals surface area contributed by atoms with E-state index in [4.69, 9.17) is 0 Å². The molecule has 0 aliphatic carbocycles. The molecule has 94 valence electrons. The van der Waals surface area contributed by atoms with Gasteiger partial charge in [-0.25, -0.2) is 4.98 Å². The van der Waals surface area contributed by atoms with E-state index in [1.165, 1.54) is 6.20 Å². The quantitative estimate of drug-likeness (QED) is 0.884. The molecular weight excluding hydrogens is 250 g/mol. The lowest BCUT2D eigenvalue weighted by Crippen LogP contribution is -2.16. The predicted octanol–water partition coefficient (Wildman–Crippen LogP) is 1.92. The van der Waals surface area contributed by atoms with Crippen LogP contribution in [-0.2, 0) is 10.0 Å². The number of sulfonamides is 1. The van der Waals surface area contributed by atoms with Gasteiger partial charge in [0.15, 0.2) is 5.03 Å². The molecule has 2 aromatic rings. The summed E-state index contributed by atoms with van der Waals surface area (Å²) in [5.74, 6) is 0. The summed E-state index contributed by atoms with van der Waals surface area (Å²) >= 11 is 0. The van der Waals surface area contributed by atoms with Gasteiger partial charge in [-0.3, -0.25) is 4.72 Å². The van der Waals surface area contributed by atoms with E-state index in [1.807, 2.05) is 6.07 Å². The Kier molecular flexibility index (Phi) is 3.47. The van der Waals surface area contributed by atoms with Gasteiger partial charge in [0, 0.05) is 18.9 Å². The van der Waals surface area contributed by atoms with Crippen molar-refractivity contribution in [2.24, 2.45) is 0 Å². The highest BCUT2D eigenvalue weighted by molar-refractivity contribution is 7.92. The molecule has 0 aliphatic rings. The summed E-state index contributed by atoms with van der Waals surface area (Å²) in [6.45, 7) is 0. The minimum Gasteiger partial charge on any atom is -0.386 e. The van der Waals surface area contributed by atoms with Gasteiger partial charge in [-0.2, -0.15) is 8.42 Å². The van der Waals surface area contributed by atoms with Crippen molar-refractivity contribution in [3.05, 3.63) is 48.7 Å². The molecule has 0 saturated heterocycles. The van der Waals surface area contributed by atoms with Gasteiger partial charge in [-0.1, -0.05) is 18.2 Å². The number of nitrogens with one attached hydrogen (secondary N) is 2. The first-order chi connectivity index (χ1) is 8.63. The Morgan fingerprint density at radius 1 is 1.06 bits per heavy atom. The van der Waals surface area contributed by atoms with Crippen molar-refractivity contribution in [1.29, 1.82) is 0 Å². The van der Waals surface area contributed by atoms with Crippen LogP contribution in [-0.4, -0.2) is 20.4 Å². The maximum atomic E-state index is 12.2. The smallest absolute Gasteiger partial charge is 0.281 e. The molecule has 0 bridgehead atoms. The Morgan fingerprint density at radius 2 is 1.78 bits per heavy atom. The number of pyridine rings is 1.